The third kappa shape index (κ3) is 3.86. The van der Waals surface area contributed by atoms with Gasteiger partial charge in [0.15, 0.2) is 0 Å². The molecule has 1 aliphatic heterocycles. The van der Waals surface area contributed by atoms with Gasteiger partial charge < -0.3 is 10.5 Å². The number of ether oxygens (including phenoxy) is 1. The Labute approximate surface area is 143 Å². The zero-order chi connectivity index (χ0) is 16.9. The summed E-state index contributed by atoms with van der Waals surface area (Å²) in [6, 6.07) is 12.0. The number of hydrogen-bond donors (Lipinski definition) is 2. The van der Waals surface area contributed by atoms with E-state index in [-0.39, 0.29) is 11.8 Å². The Balaban J connectivity index is 1.78. The van der Waals surface area contributed by atoms with Crippen LogP contribution in [0.2, 0.25) is 0 Å². The highest BCUT2D eigenvalue weighted by Gasteiger charge is 2.16. The van der Waals surface area contributed by atoms with Gasteiger partial charge in [0.25, 0.3) is 0 Å². The number of hydrogen-bond acceptors (Lipinski definition) is 4. The molecule has 0 fully saturated rings. The number of rotatable bonds is 3. The van der Waals surface area contributed by atoms with Gasteiger partial charge in [-0.2, -0.15) is 5.10 Å². The first-order valence-corrected chi connectivity index (χ1v) is 8.38. The smallest absolute Gasteiger partial charge is 0.214 e. The first-order valence-electron chi connectivity index (χ1n) is 7.39. The van der Waals surface area contributed by atoms with Crippen molar-refractivity contribution in [3.05, 3.63) is 53.8 Å². The van der Waals surface area contributed by atoms with Crippen LogP contribution in [0, 0.1) is 5.82 Å². The average molecular weight is 344 g/mol. The van der Waals surface area contributed by atoms with E-state index in [1.165, 1.54) is 12.1 Å². The largest absolute Gasteiger partial charge is 0.497 e. The lowest BCUT2D eigenvalue weighted by atomic mass is 10.1. The van der Waals surface area contributed by atoms with Crippen molar-refractivity contribution in [1.29, 1.82) is 0 Å². The Bertz CT molecular complexity index is 807. The van der Waals surface area contributed by atoms with Crippen molar-refractivity contribution in [3.63, 3.8) is 0 Å². The van der Waals surface area contributed by atoms with Crippen LogP contribution in [0.15, 0.2) is 57.5 Å². The van der Waals surface area contributed by atoms with E-state index in [0.717, 1.165) is 28.3 Å². The molecule has 0 aliphatic carbocycles. The fraction of sp³-hybridized carbons (Fsp3) is 0.176. The van der Waals surface area contributed by atoms with E-state index < -0.39 is 0 Å². The molecule has 0 radical (unpaired) electrons. The summed E-state index contributed by atoms with van der Waals surface area (Å²) in [7, 11) is 1.59. The Morgan fingerprint density at radius 2 is 2.17 bits per heavy atom. The van der Waals surface area contributed by atoms with Crippen molar-refractivity contribution in [2.24, 2.45) is 15.8 Å². The summed E-state index contributed by atoms with van der Waals surface area (Å²) in [5.41, 5.74) is 10.8. The number of hydrazone groups is 1. The number of nitrogens with one attached hydrogen (secondary N) is 1. The topological polar surface area (TPSA) is 72.0 Å². The highest BCUT2D eigenvalue weighted by atomic mass is 32.2. The van der Waals surface area contributed by atoms with E-state index in [1.807, 2.05) is 18.2 Å². The quantitative estimate of drug-likeness (QED) is 0.509. The van der Waals surface area contributed by atoms with Crippen molar-refractivity contribution in [3.8, 4) is 5.75 Å². The standard InChI is InChI=1S/C17H17FN4OS/c1-23-13-4-2-3-12(10-13)20-17(19)22-21-15-7-8-24-16-6-5-11(18)9-14(15)16/h2-6,9-10H,7-8H2,1H3,(H3,19,20,22)/b21-15+. The number of halogens is 1. The Hall–Kier alpha value is -2.54. The molecule has 0 saturated heterocycles. The number of thioether (sulfide) groups is 1. The second-order valence-corrected chi connectivity index (χ2v) is 6.24. The molecular formula is C17H17FN4OS. The molecule has 2 aromatic carbocycles. The molecule has 124 valence electrons. The molecule has 0 bridgehead atoms. The van der Waals surface area contributed by atoms with Crippen LogP contribution in [0.1, 0.15) is 12.0 Å². The van der Waals surface area contributed by atoms with E-state index in [0.29, 0.717) is 11.4 Å². The number of fused-ring (bicyclic) bond motifs is 1. The maximum Gasteiger partial charge on any atom is 0.214 e. The van der Waals surface area contributed by atoms with E-state index >= 15 is 0 Å². The number of guanidine groups is 1. The van der Waals surface area contributed by atoms with Gasteiger partial charge in [0, 0.05) is 28.7 Å². The molecular weight excluding hydrogens is 327 g/mol. The van der Waals surface area contributed by atoms with Crippen LogP contribution >= 0.6 is 11.8 Å². The van der Waals surface area contributed by atoms with E-state index in [2.05, 4.69) is 15.5 Å². The molecule has 3 rings (SSSR count). The molecule has 1 heterocycles. The van der Waals surface area contributed by atoms with Crippen molar-refractivity contribution in [1.82, 2.24) is 5.43 Å². The minimum Gasteiger partial charge on any atom is -0.497 e. The number of nitrogens with zero attached hydrogens (tertiary/aromatic N) is 2. The van der Waals surface area contributed by atoms with Crippen LogP contribution in [0.5, 0.6) is 5.75 Å². The number of benzene rings is 2. The predicted molar refractivity (Wildman–Crippen MR) is 95.7 cm³/mol. The average Bonchev–Trinajstić information content (AvgIpc) is 2.60. The van der Waals surface area contributed by atoms with Crippen molar-refractivity contribution < 1.29 is 9.13 Å². The molecule has 24 heavy (non-hydrogen) atoms. The van der Waals surface area contributed by atoms with Crippen LogP contribution in [0.4, 0.5) is 10.1 Å². The molecule has 0 atom stereocenters. The summed E-state index contributed by atoms with van der Waals surface area (Å²) in [4.78, 5) is 5.26. The first-order chi connectivity index (χ1) is 11.7. The maximum absolute atomic E-state index is 13.5. The molecule has 0 spiro atoms. The van der Waals surface area contributed by atoms with Gasteiger partial charge in [0.2, 0.25) is 5.96 Å². The van der Waals surface area contributed by atoms with Crippen LogP contribution < -0.4 is 15.9 Å². The Morgan fingerprint density at radius 3 is 3.00 bits per heavy atom. The van der Waals surface area contributed by atoms with Gasteiger partial charge in [0.1, 0.15) is 11.6 Å². The van der Waals surface area contributed by atoms with Gasteiger partial charge in [-0.05, 0) is 30.3 Å². The van der Waals surface area contributed by atoms with Crippen LogP contribution in [-0.4, -0.2) is 24.5 Å². The van der Waals surface area contributed by atoms with Crippen molar-refractivity contribution >= 4 is 29.1 Å². The molecule has 0 amide bonds. The zero-order valence-electron chi connectivity index (χ0n) is 13.1. The van der Waals surface area contributed by atoms with Gasteiger partial charge in [-0.3, -0.25) is 0 Å². The minimum atomic E-state index is -0.276. The second-order valence-electron chi connectivity index (χ2n) is 5.11. The fourth-order valence-corrected chi connectivity index (χ4v) is 3.34. The van der Waals surface area contributed by atoms with E-state index in [4.69, 9.17) is 10.5 Å². The highest BCUT2D eigenvalue weighted by Crippen LogP contribution is 2.30. The SMILES string of the molecule is COc1cccc(N=C(N)N/N=C2\CCSc3ccc(F)cc32)c1. The summed E-state index contributed by atoms with van der Waals surface area (Å²) in [5, 5.41) is 4.30. The zero-order valence-corrected chi connectivity index (χ0v) is 13.9. The lowest BCUT2D eigenvalue weighted by Crippen LogP contribution is -2.28. The number of aliphatic imine (C=N–C) groups is 1. The van der Waals surface area contributed by atoms with E-state index in [1.54, 1.807) is 31.0 Å². The van der Waals surface area contributed by atoms with Gasteiger partial charge in [-0.25, -0.2) is 14.8 Å². The monoisotopic (exact) mass is 344 g/mol. The van der Waals surface area contributed by atoms with Crippen LogP contribution in [0.3, 0.4) is 0 Å². The van der Waals surface area contributed by atoms with Gasteiger partial charge in [0.05, 0.1) is 18.5 Å². The minimum absolute atomic E-state index is 0.159. The first kappa shape index (κ1) is 16.3. The van der Waals surface area contributed by atoms with Crippen LogP contribution in [0.25, 0.3) is 0 Å². The normalized spacial score (nSPS) is 15.9. The fourth-order valence-electron chi connectivity index (χ4n) is 2.33. The molecule has 0 unspecified atom stereocenters. The summed E-state index contributed by atoms with van der Waals surface area (Å²) < 4.78 is 18.6. The summed E-state index contributed by atoms with van der Waals surface area (Å²) in [6.45, 7) is 0. The van der Waals surface area contributed by atoms with Gasteiger partial charge in [-0.1, -0.05) is 6.07 Å². The molecule has 3 N–H and O–H groups in total. The predicted octanol–water partition coefficient (Wildman–Crippen LogP) is 3.27. The lowest BCUT2D eigenvalue weighted by Gasteiger charge is -2.17. The van der Waals surface area contributed by atoms with Crippen LogP contribution in [-0.2, 0) is 0 Å². The summed E-state index contributed by atoms with van der Waals surface area (Å²) in [5.74, 6) is 1.48. The molecule has 5 nitrogen and oxygen atoms in total. The third-order valence-electron chi connectivity index (χ3n) is 3.46. The van der Waals surface area contributed by atoms with Gasteiger partial charge in [-0.15, -0.1) is 11.8 Å². The second kappa shape index (κ2) is 7.35. The number of nitrogens with two attached hydrogens (primary N) is 1. The maximum atomic E-state index is 13.5. The molecule has 0 saturated carbocycles. The third-order valence-corrected chi connectivity index (χ3v) is 4.53. The molecule has 0 aromatic heterocycles. The molecule has 1 aliphatic rings. The summed E-state index contributed by atoms with van der Waals surface area (Å²) in [6.07, 6.45) is 0.737. The Morgan fingerprint density at radius 1 is 1.29 bits per heavy atom. The number of methoxy groups -OCH3 is 1. The summed E-state index contributed by atoms with van der Waals surface area (Å²) >= 11 is 1.69. The van der Waals surface area contributed by atoms with Gasteiger partial charge >= 0.3 is 0 Å². The Kier molecular flexibility index (Phi) is 5.00. The molecule has 2 aromatic rings. The van der Waals surface area contributed by atoms with Crippen molar-refractivity contribution in [2.75, 3.05) is 12.9 Å². The lowest BCUT2D eigenvalue weighted by molar-refractivity contribution is 0.415. The van der Waals surface area contributed by atoms with Crippen molar-refractivity contribution in [2.45, 2.75) is 11.3 Å². The highest BCUT2D eigenvalue weighted by molar-refractivity contribution is 7.99. The molecule has 7 heteroatoms. The van der Waals surface area contributed by atoms with E-state index in [9.17, 15) is 4.39 Å².